The maximum absolute atomic E-state index is 5.67. The Morgan fingerprint density at radius 2 is 1.53 bits per heavy atom. The smallest absolute Gasteiger partial charge is 0.232 e. The molecule has 0 spiro atoms. The lowest BCUT2D eigenvalue weighted by molar-refractivity contribution is 0.417. The van der Waals surface area contributed by atoms with Crippen molar-refractivity contribution in [2.45, 2.75) is 44.9 Å². The van der Waals surface area contributed by atoms with Gasteiger partial charge in [0.2, 0.25) is 5.95 Å². The molecule has 0 atom stereocenters. The fraction of sp³-hybridized carbons (Fsp3) is 0.296. The summed E-state index contributed by atoms with van der Waals surface area (Å²) in [5.41, 5.74) is 5.67. The van der Waals surface area contributed by atoms with Crippen molar-refractivity contribution in [3.8, 4) is 5.75 Å². The summed E-state index contributed by atoms with van der Waals surface area (Å²) in [6.07, 6.45) is 0. The molecule has 0 fully saturated rings. The molecule has 0 unspecified atom stereocenters. The van der Waals surface area contributed by atoms with Crippen molar-refractivity contribution in [2.75, 3.05) is 23.9 Å². The largest absolute Gasteiger partial charge is 0.494 e. The van der Waals surface area contributed by atoms with Crippen LogP contribution >= 0.6 is 23.5 Å². The summed E-state index contributed by atoms with van der Waals surface area (Å²) in [6, 6.07) is 14.3. The fourth-order valence-electron chi connectivity index (χ4n) is 3.83. The molecule has 0 aliphatic rings. The molecular formula is C27H30N6OS2. The Kier molecular flexibility index (Phi) is 8.43. The van der Waals surface area contributed by atoms with Gasteiger partial charge in [-0.15, -0.1) is 0 Å². The summed E-state index contributed by atoms with van der Waals surface area (Å²) >= 11 is 3.18. The third-order valence-electron chi connectivity index (χ3n) is 5.58. The van der Waals surface area contributed by atoms with Gasteiger partial charge in [0.25, 0.3) is 0 Å². The topological polar surface area (TPSA) is 84.7 Å². The molecule has 186 valence electrons. The lowest BCUT2D eigenvalue weighted by Gasteiger charge is -2.13. The van der Waals surface area contributed by atoms with Gasteiger partial charge in [0, 0.05) is 6.07 Å². The van der Waals surface area contributed by atoms with E-state index in [0.717, 1.165) is 34.1 Å². The van der Waals surface area contributed by atoms with E-state index >= 15 is 0 Å². The van der Waals surface area contributed by atoms with E-state index in [1.54, 1.807) is 30.6 Å². The Labute approximate surface area is 220 Å². The summed E-state index contributed by atoms with van der Waals surface area (Å²) in [6.45, 7) is 10.4. The molecular weight excluding hydrogens is 488 g/mol. The number of methoxy groups -OCH3 is 1. The Hall–Kier alpha value is -3.17. The van der Waals surface area contributed by atoms with Gasteiger partial charge < -0.3 is 10.1 Å². The van der Waals surface area contributed by atoms with E-state index in [9.17, 15) is 0 Å². The number of nitrogens with one attached hydrogen (secondary N) is 1. The van der Waals surface area contributed by atoms with Crippen LogP contribution in [0.3, 0.4) is 0 Å². The highest BCUT2D eigenvalue weighted by molar-refractivity contribution is 7.99. The molecule has 0 aliphatic heterocycles. The van der Waals surface area contributed by atoms with Crippen LogP contribution in [0.25, 0.3) is 10.8 Å². The maximum atomic E-state index is 5.67. The molecule has 3 aromatic carbocycles. The van der Waals surface area contributed by atoms with Crippen LogP contribution in [0.1, 0.15) is 30.5 Å². The van der Waals surface area contributed by atoms with Crippen molar-refractivity contribution in [3.05, 3.63) is 59.2 Å². The van der Waals surface area contributed by atoms with Crippen LogP contribution in [0.5, 0.6) is 5.75 Å². The number of ether oxygens (including phenoxy) is 1. The second kappa shape index (κ2) is 11.7. The molecule has 9 heteroatoms. The molecule has 7 nitrogen and oxygen atoms in total. The van der Waals surface area contributed by atoms with E-state index in [2.05, 4.69) is 88.5 Å². The first-order valence-electron chi connectivity index (χ1n) is 11.8. The number of aromatic nitrogens is 3. The lowest BCUT2D eigenvalue weighted by atomic mass is 10.0. The molecule has 4 rings (SSSR count). The van der Waals surface area contributed by atoms with Crippen molar-refractivity contribution < 1.29 is 4.74 Å². The molecule has 0 radical (unpaired) electrons. The van der Waals surface area contributed by atoms with Crippen LogP contribution in [0.2, 0.25) is 0 Å². The first kappa shape index (κ1) is 25.9. The first-order valence-corrected chi connectivity index (χ1v) is 13.8. The number of hydrogen-bond acceptors (Lipinski definition) is 9. The molecule has 0 aliphatic carbocycles. The van der Waals surface area contributed by atoms with Crippen molar-refractivity contribution in [3.63, 3.8) is 0 Å². The SMILES string of the molecule is CCSc1nc(Nc2cc(C)c(N=Nc3cc(C)c4cccc(C)c4c3)cc2OC)nc(SCC)n1. The Balaban J connectivity index is 1.64. The number of aryl methyl sites for hydroxylation is 3. The van der Waals surface area contributed by atoms with Gasteiger partial charge >= 0.3 is 0 Å². The third-order valence-corrected chi connectivity index (χ3v) is 7.04. The summed E-state index contributed by atoms with van der Waals surface area (Å²) in [4.78, 5) is 13.6. The average Bonchev–Trinajstić information content (AvgIpc) is 2.84. The monoisotopic (exact) mass is 518 g/mol. The number of azo groups is 1. The standard InChI is InChI=1S/C27H30N6OS2/c1-7-35-26-29-25(30-27(31-26)36-8-2)28-23-13-18(5)22(15-24(23)34-6)33-32-19-12-17(4)20-11-9-10-16(3)21(20)14-19/h9-15H,7-8H2,1-6H3,(H,28,29,30,31). The van der Waals surface area contributed by atoms with Gasteiger partial charge in [0.1, 0.15) is 5.75 Å². The van der Waals surface area contributed by atoms with E-state index in [4.69, 9.17) is 4.74 Å². The number of fused-ring (bicyclic) bond motifs is 1. The predicted octanol–water partition coefficient (Wildman–Crippen LogP) is 8.34. The van der Waals surface area contributed by atoms with Crippen LogP contribution in [-0.2, 0) is 0 Å². The number of rotatable bonds is 9. The molecule has 4 aromatic rings. The molecule has 0 bridgehead atoms. The minimum atomic E-state index is 0.492. The number of thioether (sulfide) groups is 2. The zero-order valence-corrected chi connectivity index (χ0v) is 23.0. The van der Waals surface area contributed by atoms with E-state index in [1.807, 2.05) is 19.1 Å². The van der Waals surface area contributed by atoms with E-state index in [-0.39, 0.29) is 0 Å². The summed E-state index contributed by atoms with van der Waals surface area (Å²) in [7, 11) is 1.64. The zero-order chi connectivity index (χ0) is 25.7. The van der Waals surface area contributed by atoms with Crippen molar-refractivity contribution in [1.29, 1.82) is 0 Å². The summed E-state index contributed by atoms with van der Waals surface area (Å²) in [5.74, 6) is 2.90. The molecule has 36 heavy (non-hydrogen) atoms. The number of hydrogen-bond donors (Lipinski definition) is 1. The number of anilines is 2. The zero-order valence-electron chi connectivity index (χ0n) is 21.4. The van der Waals surface area contributed by atoms with Gasteiger partial charge in [-0.3, -0.25) is 0 Å². The highest BCUT2D eigenvalue weighted by Gasteiger charge is 2.13. The second-order valence-electron chi connectivity index (χ2n) is 8.19. The van der Waals surface area contributed by atoms with E-state index in [1.165, 1.54) is 21.9 Å². The van der Waals surface area contributed by atoms with Gasteiger partial charge in [-0.2, -0.15) is 25.2 Å². The molecule has 0 amide bonds. The normalized spacial score (nSPS) is 11.4. The van der Waals surface area contributed by atoms with Gasteiger partial charge in [-0.25, -0.2) is 0 Å². The van der Waals surface area contributed by atoms with Crippen LogP contribution in [-0.4, -0.2) is 33.6 Å². The summed E-state index contributed by atoms with van der Waals surface area (Å²) in [5, 5.41) is 16.3. The minimum Gasteiger partial charge on any atom is -0.494 e. The van der Waals surface area contributed by atoms with Crippen molar-refractivity contribution in [1.82, 2.24) is 15.0 Å². The average molecular weight is 519 g/mol. The molecule has 0 saturated heterocycles. The van der Waals surface area contributed by atoms with Crippen LogP contribution in [0, 0.1) is 20.8 Å². The third kappa shape index (κ3) is 5.96. The lowest BCUT2D eigenvalue weighted by Crippen LogP contribution is -2.04. The van der Waals surface area contributed by atoms with Gasteiger partial charge in [0.05, 0.1) is 24.2 Å². The van der Waals surface area contributed by atoms with Gasteiger partial charge in [-0.05, 0) is 77.9 Å². The van der Waals surface area contributed by atoms with Gasteiger partial charge in [0.15, 0.2) is 10.3 Å². The van der Waals surface area contributed by atoms with Crippen LogP contribution in [0.4, 0.5) is 23.0 Å². The van der Waals surface area contributed by atoms with Crippen molar-refractivity contribution in [2.24, 2.45) is 10.2 Å². The molecule has 1 heterocycles. The summed E-state index contributed by atoms with van der Waals surface area (Å²) < 4.78 is 5.67. The molecule has 1 N–H and O–H groups in total. The molecule has 0 saturated carbocycles. The number of benzene rings is 3. The Morgan fingerprint density at radius 3 is 2.19 bits per heavy atom. The van der Waals surface area contributed by atoms with Crippen molar-refractivity contribution >= 4 is 57.3 Å². The molecule has 1 aromatic heterocycles. The predicted molar refractivity (Wildman–Crippen MR) is 151 cm³/mol. The Morgan fingerprint density at radius 1 is 0.806 bits per heavy atom. The number of nitrogens with zero attached hydrogens (tertiary/aromatic N) is 5. The quantitative estimate of drug-likeness (QED) is 0.176. The highest BCUT2D eigenvalue weighted by atomic mass is 32.2. The highest BCUT2D eigenvalue weighted by Crippen LogP contribution is 2.36. The second-order valence-corrected chi connectivity index (χ2v) is 10.6. The van der Waals surface area contributed by atoms with Crippen LogP contribution < -0.4 is 10.1 Å². The van der Waals surface area contributed by atoms with Gasteiger partial charge in [-0.1, -0.05) is 55.6 Å². The first-order chi connectivity index (χ1) is 17.4. The maximum Gasteiger partial charge on any atom is 0.232 e. The van der Waals surface area contributed by atoms with E-state index in [0.29, 0.717) is 22.0 Å². The Bertz CT molecular complexity index is 1400. The van der Waals surface area contributed by atoms with Crippen LogP contribution in [0.15, 0.2) is 63.0 Å². The fourth-order valence-corrected chi connectivity index (χ4v) is 5.01. The minimum absolute atomic E-state index is 0.492. The van der Waals surface area contributed by atoms with E-state index < -0.39 is 0 Å².